The number of carbonyl (C=O) groups excluding carboxylic acids is 1. The van der Waals surface area contributed by atoms with E-state index in [0.29, 0.717) is 6.42 Å². The number of hydrogen-bond donors (Lipinski definition) is 0. The van der Waals surface area contributed by atoms with E-state index in [1.807, 2.05) is 17.3 Å². The van der Waals surface area contributed by atoms with E-state index in [0.717, 1.165) is 38.3 Å². The highest BCUT2D eigenvalue weighted by Gasteiger charge is 2.47. The topological polar surface area (TPSA) is 62.2 Å². The molecule has 0 aliphatic carbocycles. The van der Waals surface area contributed by atoms with Crippen molar-refractivity contribution in [3.63, 3.8) is 0 Å². The average Bonchev–Trinajstić information content (AvgIpc) is 3.12. The van der Waals surface area contributed by atoms with Crippen LogP contribution in [0.3, 0.4) is 0 Å². The van der Waals surface area contributed by atoms with Crippen molar-refractivity contribution in [3.05, 3.63) is 48.8 Å². The van der Waals surface area contributed by atoms with Crippen molar-refractivity contribution >= 4 is 11.6 Å². The van der Waals surface area contributed by atoms with Crippen LogP contribution in [0.5, 0.6) is 0 Å². The number of carbonyl (C=O) groups is 1. The van der Waals surface area contributed by atoms with Crippen LogP contribution in [0.4, 0.5) is 5.69 Å². The maximum Gasteiger partial charge on any atom is 0.227 e. The molecule has 1 spiro atoms. The van der Waals surface area contributed by atoms with Gasteiger partial charge in [0.2, 0.25) is 5.91 Å². The highest BCUT2D eigenvalue weighted by Crippen LogP contribution is 2.41. The number of amides is 1. The van der Waals surface area contributed by atoms with Gasteiger partial charge < -0.3 is 4.90 Å². The first-order chi connectivity index (χ1) is 11.2. The maximum absolute atomic E-state index is 12.4. The predicted octanol–water partition coefficient (Wildman–Crippen LogP) is 1.50. The fraction of sp³-hybridized carbons (Fsp3) is 0.412. The molecule has 4 heterocycles. The molecule has 2 aromatic rings. The summed E-state index contributed by atoms with van der Waals surface area (Å²) < 4.78 is 0. The van der Waals surface area contributed by atoms with E-state index in [2.05, 4.69) is 32.0 Å². The molecule has 0 aromatic carbocycles. The van der Waals surface area contributed by atoms with E-state index in [9.17, 15) is 4.79 Å². The number of hydrogen-bond acceptors (Lipinski definition) is 5. The highest BCUT2D eigenvalue weighted by atomic mass is 16.2. The Bertz CT molecular complexity index is 693. The van der Waals surface area contributed by atoms with Gasteiger partial charge in [0, 0.05) is 43.9 Å². The van der Waals surface area contributed by atoms with Crippen LogP contribution >= 0.6 is 0 Å². The molecule has 0 unspecified atom stereocenters. The summed E-state index contributed by atoms with van der Waals surface area (Å²) in [6.45, 7) is 3.69. The second-order valence-corrected chi connectivity index (χ2v) is 6.57. The molecule has 2 aromatic heterocycles. The molecule has 2 fully saturated rings. The lowest BCUT2D eigenvalue weighted by molar-refractivity contribution is -0.117. The second kappa shape index (κ2) is 5.70. The second-order valence-electron chi connectivity index (χ2n) is 6.57. The molecule has 1 atom stereocenters. The quantitative estimate of drug-likeness (QED) is 0.860. The minimum absolute atomic E-state index is 0.0694. The molecule has 2 aliphatic heterocycles. The first kappa shape index (κ1) is 14.3. The Morgan fingerprint density at radius 2 is 1.87 bits per heavy atom. The Balaban J connectivity index is 1.45. The van der Waals surface area contributed by atoms with Gasteiger partial charge in [-0.2, -0.15) is 0 Å². The third-order valence-corrected chi connectivity index (χ3v) is 4.85. The minimum atomic E-state index is 0.0694. The van der Waals surface area contributed by atoms with Crippen molar-refractivity contribution in [2.24, 2.45) is 5.41 Å². The van der Waals surface area contributed by atoms with Gasteiger partial charge >= 0.3 is 0 Å². The summed E-state index contributed by atoms with van der Waals surface area (Å²) >= 11 is 0. The third-order valence-electron chi connectivity index (χ3n) is 4.85. The Labute approximate surface area is 135 Å². The monoisotopic (exact) mass is 309 g/mol. The Kier molecular flexibility index (Phi) is 3.53. The van der Waals surface area contributed by atoms with Crippen LogP contribution in [0.25, 0.3) is 0 Å². The van der Waals surface area contributed by atoms with E-state index in [4.69, 9.17) is 0 Å². The Morgan fingerprint density at radius 1 is 1.09 bits per heavy atom. The molecule has 6 nitrogen and oxygen atoms in total. The number of likely N-dealkylation sites (tertiary alicyclic amines) is 1. The van der Waals surface area contributed by atoms with Crippen LogP contribution < -0.4 is 4.90 Å². The lowest BCUT2D eigenvalue weighted by Gasteiger charge is -2.24. The van der Waals surface area contributed by atoms with E-state index >= 15 is 0 Å². The van der Waals surface area contributed by atoms with Gasteiger partial charge in [-0.25, -0.2) is 9.97 Å². The summed E-state index contributed by atoms with van der Waals surface area (Å²) in [6.07, 6.45) is 10.3. The molecule has 0 radical (unpaired) electrons. The van der Waals surface area contributed by atoms with Gasteiger partial charge in [0.05, 0.1) is 18.1 Å². The molecular weight excluding hydrogens is 290 g/mol. The number of aromatic nitrogens is 3. The summed E-state index contributed by atoms with van der Waals surface area (Å²) in [5.41, 5.74) is 2.15. The summed E-state index contributed by atoms with van der Waals surface area (Å²) in [5.74, 6) is 0.186. The average molecular weight is 309 g/mol. The zero-order chi connectivity index (χ0) is 15.7. The lowest BCUT2D eigenvalue weighted by atomic mass is 9.86. The SMILES string of the molecule is O=C1C[C@@]2(CCN(Cc3ccncc3)C2)CN1c1cncnc1. The fourth-order valence-electron chi connectivity index (χ4n) is 3.74. The normalized spacial score (nSPS) is 24.7. The van der Waals surface area contributed by atoms with Crippen molar-refractivity contribution in [1.29, 1.82) is 0 Å². The number of pyridine rings is 1. The van der Waals surface area contributed by atoms with Gasteiger partial charge in [0.25, 0.3) is 0 Å². The molecule has 118 valence electrons. The molecule has 2 aliphatic rings. The summed E-state index contributed by atoms with van der Waals surface area (Å²) in [7, 11) is 0. The van der Waals surface area contributed by atoms with Gasteiger partial charge in [-0.15, -0.1) is 0 Å². The summed E-state index contributed by atoms with van der Waals surface area (Å²) in [4.78, 5) is 28.8. The number of anilines is 1. The zero-order valence-corrected chi connectivity index (χ0v) is 12.9. The lowest BCUT2D eigenvalue weighted by Crippen LogP contribution is -2.31. The van der Waals surface area contributed by atoms with Crippen molar-refractivity contribution in [2.45, 2.75) is 19.4 Å². The molecule has 4 rings (SSSR count). The van der Waals surface area contributed by atoms with Gasteiger partial charge in [-0.05, 0) is 30.7 Å². The summed E-state index contributed by atoms with van der Waals surface area (Å²) in [6, 6.07) is 4.11. The first-order valence-corrected chi connectivity index (χ1v) is 7.91. The van der Waals surface area contributed by atoms with Gasteiger partial charge in [-0.1, -0.05) is 0 Å². The molecule has 0 bridgehead atoms. The molecule has 1 amide bonds. The van der Waals surface area contributed by atoms with Crippen molar-refractivity contribution in [3.8, 4) is 0 Å². The van der Waals surface area contributed by atoms with Crippen LogP contribution in [0.1, 0.15) is 18.4 Å². The first-order valence-electron chi connectivity index (χ1n) is 7.91. The molecule has 6 heteroatoms. The standard InChI is InChI=1S/C17H19N5O/c23-16-7-17(12-22(16)15-8-19-13-20-9-15)3-6-21(11-17)10-14-1-4-18-5-2-14/h1-2,4-5,8-9,13H,3,6-7,10-12H2/t17-/m1/s1. The Hall–Kier alpha value is -2.34. The molecular formula is C17H19N5O. The molecule has 0 saturated carbocycles. The van der Waals surface area contributed by atoms with Crippen LogP contribution in [-0.4, -0.2) is 45.4 Å². The zero-order valence-electron chi connectivity index (χ0n) is 12.9. The predicted molar refractivity (Wildman–Crippen MR) is 85.6 cm³/mol. The minimum Gasteiger partial charge on any atom is -0.309 e. The smallest absolute Gasteiger partial charge is 0.227 e. The number of rotatable bonds is 3. The van der Waals surface area contributed by atoms with Gasteiger partial charge in [0.1, 0.15) is 6.33 Å². The van der Waals surface area contributed by atoms with Crippen LogP contribution in [0, 0.1) is 5.41 Å². The number of nitrogens with zero attached hydrogens (tertiary/aromatic N) is 5. The van der Waals surface area contributed by atoms with E-state index in [1.165, 1.54) is 11.9 Å². The van der Waals surface area contributed by atoms with E-state index < -0.39 is 0 Å². The fourth-order valence-corrected chi connectivity index (χ4v) is 3.74. The van der Waals surface area contributed by atoms with Crippen molar-refractivity contribution in [2.75, 3.05) is 24.5 Å². The molecule has 23 heavy (non-hydrogen) atoms. The largest absolute Gasteiger partial charge is 0.309 e. The maximum atomic E-state index is 12.4. The molecule has 2 saturated heterocycles. The van der Waals surface area contributed by atoms with Crippen molar-refractivity contribution in [1.82, 2.24) is 19.9 Å². The summed E-state index contributed by atoms with van der Waals surface area (Å²) in [5, 5.41) is 0. The van der Waals surface area contributed by atoms with Crippen LogP contribution in [0.15, 0.2) is 43.2 Å². The van der Waals surface area contributed by atoms with Crippen molar-refractivity contribution < 1.29 is 4.79 Å². The van der Waals surface area contributed by atoms with E-state index in [1.54, 1.807) is 12.4 Å². The third kappa shape index (κ3) is 2.82. The van der Waals surface area contributed by atoms with E-state index in [-0.39, 0.29) is 11.3 Å². The van der Waals surface area contributed by atoms with Gasteiger partial charge in [-0.3, -0.25) is 14.7 Å². The van der Waals surface area contributed by atoms with Gasteiger partial charge in [0.15, 0.2) is 0 Å². The highest BCUT2D eigenvalue weighted by molar-refractivity contribution is 5.96. The van der Waals surface area contributed by atoms with Crippen LogP contribution in [0.2, 0.25) is 0 Å². The Morgan fingerprint density at radius 3 is 2.65 bits per heavy atom. The van der Waals surface area contributed by atoms with Crippen LogP contribution in [-0.2, 0) is 11.3 Å². The molecule has 0 N–H and O–H groups in total.